The highest BCUT2D eigenvalue weighted by molar-refractivity contribution is 5.85. The zero-order valence-electron chi connectivity index (χ0n) is 11.1. The first-order valence-corrected chi connectivity index (χ1v) is 6.56. The number of hydrogen-bond acceptors (Lipinski definition) is 3. The number of benzene rings is 1. The molecular weight excluding hydrogens is 262 g/mol. The summed E-state index contributed by atoms with van der Waals surface area (Å²) >= 11 is 0. The summed E-state index contributed by atoms with van der Waals surface area (Å²) in [6.45, 7) is 2.17. The van der Waals surface area contributed by atoms with E-state index in [-0.39, 0.29) is 18.5 Å². The number of hydrogen-bond donors (Lipinski definition) is 1. The van der Waals surface area contributed by atoms with Crippen molar-refractivity contribution in [2.45, 2.75) is 18.9 Å². The van der Waals surface area contributed by atoms with E-state index in [2.05, 4.69) is 11.0 Å². The number of ether oxygens (including phenoxy) is 1. The average molecular weight is 282 g/mol. The zero-order valence-corrected chi connectivity index (χ0v) is 11.9. The molecule has 0 spiro atoms. The standard InChI is InChI=1S/C15H19NO2.ClH/c1-18-13-4-2-11(3-5-13)10-14-15(17)12-6-8-16(14)9-7-12;/h2-5,10,12,15,17H,6-9H2,1H3;1H/b14-10+;. The molecule has 1 aromatic carbocycles. The lowest BCUT2D eigenvalue weighted by Gasteiger charge is -2.45. The van der Waals surface area contributed by atoms with Gasteiger partial charge in [-0.25, -0.2) is 0 Å². The van der Waals surface area contributed by atoms with Crippen LogP contribution in [0.2, 0.25) is 0 Å². The summed E-state index contributed by atoms with van der Waals surface area (Å²) in [7, 11) is 1.67. The molecule has 1 unspecified atom stereocenters. The van der Waals surface area contributed by atoms with E-state index >= 15 is 0 Å². The lowest BCUT2D eigenvalue weighted by atomic mass is 9.83. The summed E-state index contributed by atoms with van der Waals surface area (Å²) in [5, 5.41) is 10.3. The van der Waals surface area contributed by atoms with Crippen molar-refractivity contribution in [1.82, 2.24) is 4.90 Å². The van der Waals surface area contributed by atoms with Crippen LogP contribution in [0.5, 0.6) is 5.75 Å². The Morgan fingerprint density at radius 2 is 1.84 bits per heavy atom. The maximum atomic E-state index is 10.3. The van der Waals surface area contributed by atoms with Crippen molar-refractivity contribution in [2.24, 2.45) is 5.92 Å². The molecule has 3 aliphatic rings. The second-order valence-corrected chi connectivity index (χ2v) is 5.11. The highest BCUT2D eigenvalue weighted by atomic mass is 35.5. The van der Waals surface area contributed by atoms with Crippen LogP contribution in [-0.2, 0) is 0 Å². The van der Waals surface area contributed by atoms with Gasteiger partial charge in [-0.15, -0.1) is 12.4 Å². The average Bonchev–Trinajstić information content (AvgIpc) is 2.44. The predicted molar refractivity (Wildman–Crippen MR) is 78.5 cm³/mol. The Labute approximate surface area is 120 Å². The van der Waals surface area contributed by atoms with Crippen LogP contribution in [0.4, 0.5) is 0 Å². The fourth-order valence-corrected chi connectivity index (χ4v) is 2.95. The van der Waals surface area contributed by atoms with Crippen LogP contribution in [0.25, 0.3) is 6.08 Å². The molecule has 3 nitrogen and oxygen atoms in total. The Morgan fingerprint density at radius 3 is 2.37 bits per heavy atom. The van der Waals surface area contributed by atoms with Gasteiger partial charge in [-0.3, -0.25) is 0 Å². The second kappa shape index (κ2) is 5.85. The first kappa shape index (κ1) is 14.2. The SMILES string of the molecule is COc1ccc(/C=C2\C(O)C3CCN2CC3)cc1.Cl. The molecule has 0 amide bonds. The fourth-order valence-electron chi connectivity index (χ4n) is 2.95. The van der Waals surface area contributed by atoms with Crippen molar-refractivity contribution in [2.75, 3.05) is 20.2 Å². The van der Waals surface area contributed by atoms with Crippen molar-refractivity contribution in [3.05, 3.63) is 35.5 Å². The summed E-state index contributed by atoms with van der Waals surface area (Å²) in [5.41, 5.74) is 2.21. The number of aliphatic hydroxyl groups excluding tert-OH is 1. The van der Waals surface area contributed by atoms with Gasteiger partial charge in [0.15, 0.2) is 0 Å². The third-order valence-corrected chi connectivity index (χ3v) is 4.08. The van der Waals surface area contributed by atoms with Crippen LogP contribution in [0.1, 0.15) is 18.4 Å². The molecule has 2 bridgehead atoms. The molecule has 3 saturated heterocycles. The van der Waals surface area contributed by atoms with Crippen molar-refractivity contribution in [3.8, 4) is 5.75 Å². The first-order chi connectivity index (χ1) is 8.78. The van der Waals surface area contributed by atoms with Gasteiger partial charge in [0.25, 0.3) is 0 Å². The van der Waals surface area contributed by atoms with Crippen molar-refractivity contribution >= 4 is 18.5 Å². The molecule has 4 heteroatoms. The highest BCUT2D eigenvalue weighted by Crippen LogP contribution is 2.35. The van der Waals surface area contributed by atoms with E-state index in [9.17, 15) is 5.11 Å². The molecule has 1 N–H and O–H groups in total. The van der Waals surface area contributed by atoms with Crippen LogP contribution < -0.4 is 4.74 Å². The van der Waals surface area contributed by atoms with E-state index < -0.39 is 0 Å². The Morgan fingerprint density at radius 1 is 1.21 bits per heavy atom. The van der Waals surface area contributed by atoms with E-state index in [0.29, 0.717) is 5.92 Å². The van der Waals surface area contributed by atoms with Gasteiger partial charge in [-0.1, -0.05) is 12.1 Å². The number of aliphatic hydroxyl groups is 1. The van der Waals surface area contributed by atoms with Gasteiger partial charge in [0.05, 0.1) is 13.2 Å². The summed E-state index contributed by atoms with van der Waals surface area (Å²) in [5.74, 6) is 1.32. The van der Waals surface area contributed by atoms with E-state index in [1.165, 1.54) is 0 Å². The molecule has 3 aliphatic heterocycles. The number of nitrogens with zero attached hydrogens (tertiary/aromatic N) is 1. The minimum Gasteiger partial charge on any atom is -0.497 e. The number of piperidine rings is 3. The molecular formula is C15H20ClNO2. The van der Waals surface area contributed by atoms with E-state index in [4.69, 9.17) is 4.74 Å². The number of halogens is 1. The third kappa shape index (κ3) is 2.72. The molecule has 0 aromatic heterocycles. The largest absolute Gasteiger partial charge is 0.497 e. The maximum Gasteiger partial charge on any atom is 0.118 e. The van der Waals surface area contributed by atoms with Crippen LogP contribution in [0.15, 0.2) is 30.0 Å². The van der Waals surface area contributed by atoms with Gasteiger partial charge in [-0.05, 0) is 42.5 Å². The lowest BCUT2D eigenvalue weighted by molar-refractivity contribution is 0.0215. The number of fused-ring (bicyclic) bond motifs is 3. The third-order valence-electron chi connectivity index (χ3n) is 4.08. The van der Waals surface area contributed by atoms with Crippen LogP contribution in [0, 0.1) is 5.92 Å². The van der Waals surface area contributed by atoms with Crippen LogP contribution in [-0.4, -0.2) is 36.3 Å². The van der Waals surface area contributed by atoms with Gasteiger partial charge in [0.1, 0.15) is 5.75 Å². The quantitative estimate of drug-likeness (QED) is 0.904. The van der Waals surface area contributed by atoms with E-state index in [0.717, 1.165) is 42.9 Å². The summed E-state index contributed by atoms with van der Waals surface area (Å²) in [4.78, 5) is 2.31. The summed E-state index contributed by atoms with van der Waals surface area (Å²) in [6, 6.07) is 7.97. The van der Waals surface area contributed by atoms with Gasteiger partial charge >= 0.3 is 0 Å². The van der Waals surface area contributed by atoms with Crippen molar-refractivity contribution in [1.29, 1.82) is 0 Å². The fraction of sp³-hybridized carbons (Fsp3) is 0.467. The monoisotopic (exact) mass is 281 g/mol. The maximum absolute atomic E-state index is 10.3. The molecule has 0 aliphatic carbocycles. The molecule has 104 valence electrons. The number of methoxy groups -OCH3 is 1. The molecule has 1 atom stereocenters. The Balaban J connectivity index is 0.00000133. The van der Waals surface area contributed by atoms with Gasteiger partial charge in [-0.2, -0.15) is 0 Å². The Kier molecular flexibility index (Phi) is 4.38. The predicted octanol–water partition coefficient (Wildman–Crippen LogP) is 2.54. The molecule has 19 heavy (non-hydrogen) atoms. The topological polar surface area (TPSA) is 32.7 Å². The van der Waals surface area contributed by atoms with Gasteiger partial charge in [0, 0.05) is 18.8 Å². The van der Waals surface area contributed by atoms with E-state index in [1.54, 1.807) is 7.11 Å². The molecule has 3 fully saturated rings. The second-order valence-electron chi connectivity index (χ2n) is 5.11. The Bertz CT molecular complexity index is 446. The zero-order chi connectivity index (χ0) is 12.5. The van der Waals surface area contributed by atoms with Crippen LogP contribution in [0.3, 0.4) is 0 Å². The molecule has 3 heterocycles. The minimum absolute atomic E-state index is 0. The summed E-state index contributed by atoms with van der Waals surface area (Å²) < 4.78 is 5.15. The normalized spacial score (nSPS) is 27.3. The van der Waals surface area contributed by atoms with E-state index in [1.807, 2.05) is 24.3 Å². The smallest absolute Gasteiger partial charge is 0.118 e. The molecule has 0 saturated carbocycles. The van der Waals surface area contributed by atoms with Crippen LogP contribution >= 0.6 is 12.4 Å². The summed E-state index contributed by atoms with van der Waals surface area (Å²) in [6.07, 6.45) is 4.08. The van der Waals surface area contributed by atoms with Crippen molar-refractivity contribution in [3.63, 3.8) is 0 Å². The molecule has 1 aromatic rings. The van der Waals surface area contributed by atoms with Crippen molar-refractivity contribution < 1.29 is 9.84 Å². The molecule has 4 rings (SSSR count). The van der Waals surface area contributed by atoms with Gasteiger partial charge < -0.3 is 14.7 Å². The lowest BCUT2D eigenvalue weighted by Crippen LogP contribution is -2.48. The number of rotatable bonds is 2. The van der Waals surface area contributed by atoms with Gasteiger partial charge in [0.2, 0.25) is 0 Å². The first-order valence-electron chi connectivity index (χ1n) is 6.56. The minimum atomic E-state index is -0.283. The Hall–Kier alpha value is -1.19. The molecule has 0 radical (unpaired) electrons. The highest BCUT2D eigenvalue weighted by Gasteiger charge is 2.36.